The van der Waals surface area contributed by atoms with Gasteiger partial charge in [0.15, 0.2) is 0 Å². The highest BCUT2D eigenvalue weighted by Crippen LogP contribution is 2.42. The van der Waals surface area contributed by atoms with Crippen molar-refractivity contribution in [3.63, 3.8) is 0 Å². The van der Waals surface area contributed by atoms with Crippen LogP contribution in [-0.4, -0.2) is 23.6 Å². The van der Waals surface area contributed by atoms with Crippen molar-refractivity contribution < 1.29 is 9.59 Å². The summed E-state index contributed by atoms with van der Waals surface area (Å²) in [6, 6.07) is 27.2. The number of halogens is 1. The molecule has 0 spiro atoms. The molecule has 7 heteroatoms. The fourth-order valence-corrected chi connectivity index (χ4v) is 5.38. The zero-order valence-electron chi connectivity index (χ0n) is 19.2. The van der Waals surface area contributed by atoms with Gasteiger partial charge < -0.3 is 5.32 Å². The molecule has 0 radical (unpaired) electrons. The predicted octanol–water partition coefficient (Wildman–Crippen LogP) is 5.54. The molecule has 35 heavy (non-hydrogen) atoms. The molecule has 1 saturated heterocycles. The number of hydrogen-bond acceptors (Lipinski definition) is 4. The van der Waals surface area contributed by atoms with Crippen molar-refractivity contribution >= 4 is 45.2 Å². The number of benzene rings is 3. The van der Waals surface area contributed by atoms with Crippen molar-refractivity contribution in [2.45, 2.75) is 25.0 Å². The Kier molecular flexibility index (Phi) is 8.06. The van der Waals surface area contributed by atoms with Crippen LogP contribution >= 0.6 is 27.7 Å². The fourth-order valence-electron chi connectivity index (χ4n) is 3.80. The Balaban J connectivity index is 1.61. The van der Waals surface area contributed by atoms with Crippen LogP contribution in [0.1, 0.15) is 16.7 Å². The number of amides is 2. The van der Waals surface area contributed by atoms with Gasteiger partial charge in [-0.1, -0.05) is 87.9 Å². The Labute approximate surface area is 218 Å². The van der Waals surface area contributed by atoms with E-state index in [0.29, 0.717) is 30.1 Å². The van der Waals surface area contributed by atoms with E-state index in [1.807, 2.05) is 73.7 Å². The van der Waals surface area contributed by atoms with Crippen molar-refractivity contribution in [3.05, 3.63) is 111 Å². The SMILES string of the molecule is Cc1ccc(CC2SC(=C(C#N)C(=O)NCCc3ccccc3)N(c3ccc(Br)cc3)C2=O)cc1. The molecule has 5 nitrogen and oxygen atoms in total. The number of thioether (sulfide) groups is 1. The molecule has 1 aliphatic heterocycles. The first-order valence-corrected chi connectivity index (χ1v) is 12.9. The van der Waals surface area contributed by atoms with E-state index in [-0.39, 0.29) is 11.5 Å². The van der Waals surface area contributed by atoms with Crippen molar-refractivity contribution in [1.29, 1.82) is 5.26 Å². The molecule has 3 aromatic carbocycles. The van der Waals surface area contributed by atoms with Crippen LogP contribution in [0.4, 0.5) is 5.69 Å². The van der Waals surface area contributed by atoms with Gasteiger partial charge in [0.1, 0.15) is 16.7 Å². The van der Waals surface area contributed by atoms with Gasteiger partial charge in [0.05, 0.1) is 5.25 Å². The molecule has 1 N–H and O–H groups in total. The quantitative estimate of drug-likeness (QED) is 0.312. The maximum Gasteiger partial charge on any atom is 0.264 e. The van der Waals surface area contributed by atoms with E-state index in [2.05, 4.69) is 27.3 Å². The lowest BCUT2D eigenvalue weighted by molar-refractivity contribution is -0.117. The molecule has 176 valence electrons. The van der Waals surface area contributed by atoms with Gasteiger partial charge in [0.25, 0.3) is 5.91 Å². The molecule has 4 rings (SSSR count). The molecule has 1 fully saturated rings. The summed E-state index contributed by atoms with van der Waals surface area (Å²) < 4.78 is 0.876. The molecule has 1 heterocycles. The Bertz CT molecular complexity index is 1280. The minimum absolute atomic E-state index is 0.0502. The average Bonchev–Trinajstić information content (AvgIpc) is 3.17. The number of anilines is 1. The third-order valence-electron chi connectivity index (χ3n) is 5.67. The smallest absolute Gasteiger partial charge is 0.264 e. The highest BCUT2D eigenvalue weighted by atomic mass is 79.9. The van der Waals surface area contributed by atoms with Crippen LogP contribution in [0.2, 0.25) is 0 Å². The average molecular weight is 546 g/mol. The lowest BCUT2D eigenvalue weighted by Crippen LogP contribution is -2.32. The number of nitriles is 1. The monoisotopic (exact) mass is 545 g/mol. The number of hydrogen-bond donors (Lipinski definition) is 1. The molecule has 1 unspecified atom stereocenters. The van der Waals surface area contributed by atoms with Crippen LogP contribution in [-0.2, 0) is 22.4 Å². The maximum absolute atomic E-state index is 13.5. The standard InChI is InChI=1S/C28H24BrN3O2S/c1-19-7-9-21(10-8-19)17-25-27(34)32(23-13-11-22(29)12-14-23)28(35-25)24(18-30)26(33)31-16-15-20-5-3-2-4-6-20/h2-14,25H,15-17H2,1H3,(H,31,33). The maximum atomic E-state index is 13.5. The zero-order valence-corrected chi connectivity index (χ0v) is 21.6. The van der Waals surface area contributed by atoms with E-state index in [0.717, 1.165) is 21.2 Å². The first-order valence-electron chi connectivity index (χ1n) is 11.2. The lowest BCUT2D eigenvalue weighted by Gasteiger charge is -2.19. The van der Waals surface area contributed by atoms with Gasteiger partial charge in [-0.3, -0.25) is 14.5 Å². The van der Waals surface area contributed by atoms with Gasteiger partial charge >= 0.3 is 0 Å². The third-order valence-corrected chi connectivity index (χ3v) is 7.47. The van der Waals surface area contributed by atoms with Crippen molar-refractivity contribution in [3.8, 4) is 6.07 Å². The molecule has 0 bridgehead atoms. The second-order valence-corrected chi connectivity index (χ2v) is 10.3. The Morgan fingerprint density at radius 2 is 1.71 bits per heavy atom. The van der Waals surface area contributed by atoms with Crippen LogP contribution in [0, 0.1) is 18.3 Å². The minimum Gasteiger partial charge on any atom is -0.351 e. The summed E-state index contributed by atoms with van der Waals surface area (Å²) in [4.78, 5) is 28.1. The zero-order chi connectivity index (χ0) is 24.8. The van der Waals surface area contributed by atoms with E-state index in [1.54, 1.807) is 12.1 Å². The highest BCUT2D eigenvalue weighted by molar-refractivity contribution is 9.10. The number of aryl methyl sites for hydroxylation is 1. The van der Waals surface area contributed by atoms with Crippen LogP contribution in [0.25, 0.3) is 0 Å². The van der Waals surface area contributed by atoms with Gasteiger partial charge in [-0.2, -0.15) is 5.26 Å². The van der Waals surface area contributed by atoms with Crippen molar-refractivity contribution in [2.75, 3.05) is 11.4 Å². The summed E-state index contributed by atoms with van der Waals surface area (Å²) in [5, 5.41) is 12.7. The summed E-state index contributed by atoms with van der Waals surface area (Å²) in [5.74, 6) is -0.616. The van der Waals surface area contributed by atoms with Crippen molar-refractivity contribution in [1.82, 2.24) is 5.32 Å². The topological polar surface area (TPSA) is 73.2 Å². The predicted molar refractivity (Wildman–Crippen MR) is 144 cm³/mol. The second-order valence-electron chi connectivity index (χ2n) is 8.23. The van der Waals surface area contributed by atoms with Gasteiger partial charge in [0.2, 0.25) is 5.91 Å². The normalized spacial score (nSPS) is 16.7. The Hall–Kier alpha value is -3.34. The summed E-state index contributed by atoms with van der Waals surface area (Å²) in [6.45, 7) is 2.41. The summed E-state index contributed by atoms with van der Waals surface area (Å²) >= 11 is 4.70. The summed E-state index contributed by atoms with van der Waals surface area (Å²) in [6.07, 6.45) is 1.16. The number of nitrogens with one attached hydrogen (secondary N) is 1. The molecular formula is C28H24BrN3O2S. The van der Waals surface area contributed by atoms with Crippen LogP contribution in [0.3, 0.4) is 0 Å². The van der Waals surface area contributed by atoms with Gasteiger partial charge in [-0.25, -0.2) is 0 Å². The number of nitrogens with zero attached hydrogens (tertiary/aromatic N) is 2. The molecule has 2 amide bonds. The molecule has 3 aromatic rings. The minimum atomic E-state index is -0.475. The van der Waals surface area contributed by atoms with Crippen LogP contribution in [0.5, 0.6) is 0 Å². The van der Waals surface area contributed by atoms with E-state index < -0.39 is 11.2 Å². The first kappa shape index (κ1) is 24.8. The molecule has 1 aliphatic rings. The highest BCUT2D eigenvalue weighted by Gasteiger charge is 2.40. The third kappa shape index (κ3) is 6.02. The summed E-state index contributed by atoms with van der Waals surface area (Å²) in [5.41, 5.74) is 3.85. The largest absolute Gasteiger partial charge is 0.351 e. The van der Waals surface area contributed by atoms with E-state index in [9.17, 15) is 14.9 Å². The fraction of sp³-hybridized carbons (Fsp3) is 0.179. The molecule has 1 atom stereocenters. The number of carbonyl (C=O) groups excluding carboxylic acids is 2. The van der Waals surface area contributed by atoms with Crippen LogP contribution < -0.4 is 10.2 Å². The van der Waals surface area contributed by atoms with Gasteiger partial charge in [-0.15, -0.1) is 0 Å². The number of carbonyl (C=O) groups is 2. The lowest BCUT2D eigenvalue weighted by atomic mass is 10.1. The molecule has 0 aliphatic carbocycles. The van der Waals surface area contributed by atoms with Crippen LogP contribution in [0.15, 0.2) is 93.9 Å². The van der Waals surface area contributed by atoms with E-state index in [1.165, 1.54) is 16.7 Å². The van der Waals surface area contributed by atoms with E-state index in [4.69, 9.17) is 0 Å². The van der Waals surface area contributed by atoms with Gasteiger partial charge in [0, 0.05) is 16.7 Å². The van der Waals surface area contributed by atoms with E-state index >= 15 is 0 Å². The van der Waals surface area contributed by atoms with Crippen molar-refractivity contribution in [2.24, 2.45) is 0 Å². The molecular weight excluding hydrogens is 522 g/mol. The Morgan fingerprint density at radius 1 is 1.03 bits per heavy atom. The Morgan fingerprint density at radius 3 is 2.37 bits per heavy atom. The summed E-state index contributed by atoms with van der Waals surface area (Å²) in [7, 11) is 0. The first-order chi connectivity index (χ1) is 17.0. The molecule has 0 aromatic heterocycles. The number of rotatable bonds is 7. The molecule has 0 saturated carbocycles. The van der Waals surface area contributed by atoms with Gasteiger partial charge in [-0.05, 0) is 55.2 Å². The second kappa shape index (κ2) is 11.4.